The zero-order chi connectivity index (χ0) is 15.0. The Hall–Kier alpha value is -1.40. The lowest BCUT2D eigenvalue weighted by Crippen LogP contribution is -2.47. The van der Waals surface area contributed by atoms with Crippen LogP contribution in [0, 0.1) is 0 Å². The van der Waals surface area contributed by atoms with Crippen LogP contribution < -0.4 is 0 Å². The van der Waals surface area contributed by atoms with Crippen molar-refractivity contribution in [2.45, 2.75) is 51.4 Å². The van der Waals surface area contributed by atoms with Gasteiger partial charge in [0.2, 0.25) is 0 Å². The minimum atomic E-state index is -0.485. The molecule has 0 radical (unpaired) electrons. The first-order valence-electron chi connectivity index (χ1n) is 7.55. The first-order chi connectivity index (χ1) is 10.0. The average molecular weight is 294 g/mol. The molecule has 2 saturated heterocycles. The quantitative estimate of drug-likeness (QED) is 0.836. The van der Waals surface area contributed by atoms with Crippen LogP contribution in [0.4, 0.5) is 0 Å². The smallest absolute Gasteiger partial charge is 0.276 e. The molecule has 6 heteroatoms. The monoisotopic (exact) mass is 294 g/mol. The molecule has 1 spiro atoms. The van der Waals surface area contributed by atoms with Crippen LogP contribution in [0.3, 0.4) is 0 Å². The van der Waals surface area contributed by atoms with Gasteiger partial charge in [0, 0.05) is 31.8 Å². The first kappa shape index (κ1) is 14.5. The van der Waals surface area contributed by atoms with E-state index in [9.17, 15) is 4.79 Å². The van der Waals surface area contributed by atoms with Crippen LogP contribution in [0.25, 0.3) is 0 Å². The van der Waals surface area contributed by atoms with Gasteiger partial charge in [0.05, 0.1) is 12.7 Å². The molecule has 0 aliphatic carbocycles. The van der Waals surface area contributed by atoms with Gasteiger partial charge in [0.15, 0.2) is 17.9 Å². The van der Waals surface area contributed by atoms with Crippen LogP contribution in [-0.4, -0.2) is 47.4 Å². The number of amides is 1. The molecule has 3 rings (SSSR count). The highest BCUT2D eigenvalue weighted by atomic mass is 16.7. The van der Waals surface area contributed by atoms with E-state index in [0.29, 0.717) is 44.0 Å². The number of hydrogen-bond acceptors (Lipinski definition) is 5. The Morgan fingerprint density at radius 1 is 1.43 bits per heavy atom. The Bertz CT molecular complexity index is 517. The minimum absolute atomic E-state index is 0.0617. The van der Waals surface area contributed by atoms with Crippen LogP contribution in [0.5, 0.6) is 0 Å². The lowest BCUT2D eigenvalue weighted by Gasteiger charge is -2.37. The third-order valence-corrected chi connectivity index (χ3v) is 4.13. The first-order valence-corrected chi connectivity index (χ1v) is 7.55. The van der Waals surface area contributed by atoms with Gasteiger partial charge in [-0.15, -0.1) is 0 Å². The van der Waals surface area contributed by atoms with Crippen molar-refractivity contribution in [1.29, 1.82) is 0 Å². The Balaban J connectivity index is 1.67. The summed E-state index contributed by atoms with van der Waals surface area (Å²) in [6.07, 6.45) is 2.89. The molecule has 6 nitrogen and oxygen atoms in total. The molecule has 1 aromatic heterocycles. The van der Waals surface area contributed by atoms with Crippen molar-refractivity contribution in [1.82, 2.24) is 9.88 Å². The second-order valence-electron chi connectivity index (χ2n) is 6.16. The number of likely N-dealkylation sites (tertiary alicyclic amines) is 1. The van der Waals surface area contributed by atoms with Crippen molar-refractivity contribution in [3.05, 3.63) is 17.8 Å². The average Bonchev–Trinajstić information content (AvgIpc) is 3.07. The summed E-state index contributed by atoms with van der Waals surface area (Å²) in [6.45, 7) is 7.87. The number of aromatic nitrogens is 1. The molecule has 0 unspecified atom stereocenters. The van der Waals surface area contributed by atoms with E-state index >= 15 is 0 Å². The fraction of sp³-hybridized carbons (Fsp3) is 0.733. The number of nitrogens with zero attached hydrogens (tertiary/aromatic N) is 2. The predicted octanol–water partition coefficient (Wildman–Crippen LogP) is 2.17. The molecule has 2 fully saturated rings. The number of carbonyl (C=O) groups is 1. The molecule has 21 heavy (non-hydrogen) atoms. The van der Waals surface area contributed by atoms with E-state index in [2.05, 4.69) is 4.98 Å². The van der Waals surface area contributed by atoms with E-state index in [0.717, 1.165) is 0 Å². The van der Waals surface area contributed by atoms with Gasteiger partial charge in [-0.3, -0.25) is 4.79 Å². The summed E-state index contributed by atoms with van der Waals surface area (Å²) in [5, 5.41) is 0. The molecule has 116 valence electrons. The van der Waals surface area contributed by atoms with E-state index in [1.54, 1.807) is 0 Å². The van der Waals surface area contributed by atoms with Gasteiger partial charge in [-0.2, -0.15) is 0 Å². The fourth-order valence-corrected chi connectivity index (χ4v) is 2.99. The second kappa shape index (κ2) is 5.42. The molecule has 0 aromatic carbocycles. The zero-order valence-corrected chi connectivity index (χ0v) is 12.8. The molecular formula is C15H22N2O4. The minimum Gasteiger partial charge on any atom is -0.447 e. The van der Waals surface area contributed by atoms with Crippen LogP contribution >= 0.6 is 0 Å². The maximum absolute atomic E-state index is 12.6. The lowest BCUT2D eigenvalue weighted by molar-refractivity contribution is -0.190. The summed E-state index contributed by atoms with van der Waals surface area (Å²) >= 11 is 0. The Morgan fingerprint density at radius 2 is 2.14 bits per heavy atom. The molecular weight excluding hydrogens is 272 g/mol. The van der Waals surface area contributed by atoms with Gasteiger partial charge < -0.3 is 18.8 Å². The van der Waals surface area contributed by atoms with Gasteiger partial charge in [-0.1, -0.05) is 13.8 Å². The standard InChI is InChI=1S/C15H22N2O4/c1-10(2)13-12(16-9-19-13)14(18)17-6-4-15(5-7-17)20-8-11(3)21-15/h9-11H,4-8H2,1-3H3/t11-/m1/s1. The molecule has 1 atom stereocenters. The van der Waals surface area contributed by atoms with E-state index in [-0.39, 0.29) is 17.9 Å². The molecule has 2 aliphatic heterocycles. The SMILES string of the molecule is CC(C)c1ocnc1C(=O)N1CCC2(CC1)OC[C@@H](C)O2. The van der Waals surface area contributed by atoms with Crippen LogP contribution in [0.2, 0.25) is 0 Å². The summed E-state index contributed by atoms with van der Waals surface area (Å²) in [5.74, 6) is 0.251. The number of oxazole rings is 1. The number of ether oxygens (including phenoxy) is 2. The maximum atomic E-state index is 12.6. The number of rotatable bonds is 2. The van der Waals surface area contributed by atoms with Crippen molar-refractivity contribution in [2.75, 3.05) is 19.7 Å². The van der Waals surface area contributed by atoms with E-state index in [1.165, 1.54) is 6.39 Å². The van der Waals surface area contributed by atoms with Gasteiger partial charge in [-0.05, 0) is 6.92 Å². The summed E-state index contributed by atoms with van der Waals surface area (Å²) < 4.78 is 17.0. The number of piperidine rings is 1. The Kier molecular flexibility index (Phi) is 3.75. The zero-order valence-electron chi connectivity index (χ0n) is 12.8. The largest absolute Gasteiger partial charge is 0.447 e. The summed E-state index contributed by atoms with van der Waals surface area (Å²) in [6, 6.07) is 0. The van der Waals surface area contributed by atoms with Gasteiger partial charge >= 0.3 is 0 Å². The van der Waals surface area contributed by atoms with Crippen molar-refractivity contribution >= 4 is 5.91 Å². The number of hydrogen-bond donors (Lipinski definition) is 0. The van der Waals surface area contributed by atoms with E-state index < -0.39 is 5.79 Å². The molecule has 0 N–H and O–H groups in total. The maximum Gasteiger partial charge on any atom is 0.276 e. The summed E-state index contributed by atoms with van der Waals surface area (Å²) in [5.41, 5.74) is 0.433. The Labute approximate surface area is 124 Å². The van der Waals surface area contributed by atoms with Crippen molar-refractivity contribution in [2.24, 2.45) is 0 Å². The topological polar surface area (TPSA) is 64.8 Å². The van der Waals surface area contributed by atoms with Gasteiger partial charge in [-0.25, -0.2) is 4.98 Å². The predicted molar refractivity (Wildman–Crippen MR) is 75.0 cm³/mol. The highest BCUT2D eigenvalue weighted by molar-refractivity contribution is 5.93. The molecule has 1 aromatic rings. The molecule has 3 heterocycles. The number of carbonyl (C=O) groups excluding carboxylic acids is 1. The van der Waals surface area contributed by atoms with E-state index in [1.807, 2.05) is 25.7 Å². The van der Waals surface area contributed by atoms with Crippen LogP contribution in [0.1, 0.15) is 55.8 Å². The van der Waals surface area contributed by atoms with Gasteiger partial charge in [0.25, 0.3) is 5.91 Å². The highest BCUT2D eigenvalue weighted by Crippen LogP contribution is 2.34. The van der Waals surface area contributed by atoms with Gasteiger partial charge in [0.1, 0.15) is 5.76 Å². The Morgan fingerprint density at radius 3 is 2.71 bits per heavy atom. The lowest BCUT2D eigenvalue weighted by atomic mass is 10.0. The van der Waals surface area contributed by atoms with E-state index in [4.69, 9.17) is 13.9 Å². The fourth-order valence-electron chi connectivity index (χ4n) is 2.99. The van der Waals surface area contributed by atoms with Crippen molar-refractivity contribution < 1.29 is 18.7 Å². The van der Waals surface area contributed by atoms with Crippen LogP contribution in [-0.2, 0) is 9.47 Å². The third-order valence-electron chi connectivity index (χ3n) is 4.13. The second-order valence-corrected chi connectivity index (χ2v) is 6.16. The highest BCUT2D eigenvalue weighted by Gasteiger charge is 2.43. The van der Waals surface area contributed by atoms with Crippen molar-refractivity contribution in [3.8, 4) is 0 Å². The normalized spacial score (nSPS) is 25.0. The molecule has 1 amide bonds. The molecule has 0 bridgehead atoms. The third kappa shape index (κ3) is 2.70. The van der Waals surface area contributed by atoms with Crippen molar-refractivity contribution in [3.63, 3.8) is 0 Å². The molecule has 0 saturated carbocycles. The summed E-state index contributed by atoms with van der Waals surface area (Å²) in [4.78, 5) is 18.5. The summed E-state index contributed by atoms with van der Waals surface area (Å²) in [7, 11) is 0. The van der Waals surface area contributed by atoms with Crippen LogP contribution in [0.15, 0.2) is 10.8 Å². The molecule has 2 aliphatic rings.